The van der Waals surface area contributed by atoms with Crippen LogP contribution in [0.15, 0.2) is 42.9 Å². The molecule has 1 saturated heterocycles. The first-order chi connectivity index (χ1) is 11.4. The van der Waals surface area contributed by atoms with Gasteiger partial charge in [-0.2, -0.15) is 5.10 Å². The Bertz CT molecular complexity index is 789. The number of nitrogens with zero attached hydrogens (tertiary/aromatic N) is 5. The van der Waals surface area contributed by atoms with Gasteiger partial charge >= 0.3 is 0 Å². The zero-order valence-corrected chi connectivity index (χ0v) is 13.0. The lowest BCUT2D eigenvalue weighted by Gasteiger charge is -2.32. The number of anilines is 1. The first kappa shape index (κ1) is 14.1. The van der Waals surface area contributed by atoms with Gasteiger partial charge in [-0.15, -0.1) is 0 Å². The van der Waals surface area contributed by atoms with Crippen LogP contribution in [0.3, 0.4) is 0 Å². The van der Waals surface area contributed by atoms with E-state index in [1.54, 1.807) is 6.33 Å². The van der Waals surface area contributed by atoms with E-state index in [4.69, 9.17) is 5.73 Å². The lowest BCUT2D eigenvalue weighted by molar-refractivity contribution is 0.413. The van der Waals surface area contributed by atoms with Crippen LogP contribution in [-0.4, -0.2) is 39.4 Å². The minimum absolute atomic E-state index is 0.635. The maximum atomic E-state index is 5.79. The second kappa shape index (κ2) is 5.96. The minimum atomic E-state index is 0.635. The number of fused-ring (bicyclic) bond motifs is 1. The van der Waals surface area contributed by atoms with Crippen molar-refractivity contribution in [2.45, 2.75) is 12.8 Å². The molecule has 0 saturated carbocycles. The van der Waals surface area contributed by atoms with E-state index in [0.717, 1.165) is 55.0 Å². The predicted octanol–water partition coefficient (Wildman–Crippen LogP) is 1.99. The molecule has 0 spiro atoms. The Morgan fingerprint density at radius 2 is 1.87 bits per heavy atom. The summed E-state index contributed by atoms with van der Waals surface area (Å²) >= 11 is 0. The molecular weight excluding hydrogens is 288 g/mol. The molecular formula is C17H20N6. The van der Waals surface area contributed by atoms with Gasteiger partial charge in [-0.25, -0.2) is 14.6 Å². The number of para-hydroxylation sites is 1. The van der Waals surface area contributed by atoms with E-state index in [-0.39, 0.29) is 0 Å². The largest absolute Gasteiger partial charge is 0.356 e. The van der Waals surface area contributed by atoms with Crippen LogP contribution in [0.5, 0.6) is 0 Å². The third-order valence-corrected chi connectivity index (χ3v) is 4.59. The molecule has 3 aromatic rings. The lowest BCUT2D eigenvalue weighted by atomic mass is 9.97. The predicted molar refractivity (Wildman–Crippen MR) is 90.7 cm³/mol. The van der Waals surface area contributed by atoms with E-state index in [0.29, 0.717) is 5.92 Å². The molecule has 23 heavy (non-hydrogen) atoms. The van der Waals surface area contributed by atoms with Crippen LogP contribution in [0, 0.1) is 5.92 Å². The van der Waals surface area contributed by atoms with Crippen molar-refractivity contribution >= 4 is 16.9 Å². The first-order valence-corrected chi connectivity index (χ1v) is 8.06. The van der Waals surface area contributed by atoms with E-state index in [1.807, 2.05) is 41.2 Å². The Balaban J connectivity index is 1.71. The zero-order chi connectivity index (χ0) is 15.6. The molecule has 6 nitrogen and oxygen atoms in total. The van der Waals surface area contributed by atoms with Crippen molar-refractivity contribution in [3.63, 3.8) is 0 Å². The second-order valence-electron chi connectivity index (χ2n) is 5.99. The fourth-order valence-corrected chi connectivity index (χ4v) is 3.22. The van der Waals surface area contributed by atoms with Gasteiger partial charge in [-0.1, -0.05) is 18.2 Å². The van der Waals surface area contributed by atoms with Crippen LogP contribution in [0.4, 0.5) is 5.82 Å². The van der Waals surface area contributed by atoms with Gasteiger partial charge in [0, 0.05) is 13.1 Å². The average molecular weight is 308 g/mol. The maximum absolute atomic E-state index is 5.79. The molecule has 1 fully saturated rings. The number of piperidine rings is 1. The number of hydrogen-bond donors (Lipinski definition) is 1. The summed E-state index contributed by atoms with van der Waals surface area (Å²) in [5, 5.41) is 5.52. The van der Waals surface area contributed by atoms with Gasteiger partial charge in [0.15, 0.2) is 5.65 Å². The highest BCUT2D eigenvalue weighted by atomic mass is 15.3. The number of aromatic nitrogens is 4. The normalized spacial score (nSPS) is 16.1. The van der Waals surface area contributed by atoms with Crippen molar-refractivity contribution in [2.24, 2.45) is 11.7 Å². The highest BCUT2D eigenvalue weighted by Crippen LogP contribution is 2.27. The summed E-state index contributed by atoms with van der Waals surface area (Å²) in [7, 11) is 0. The summed E-state index contributed by atoms with van der Waals surface area (Å²) in [5.41, 5.74) is 7.65. The van der Waals surface area contributed by atoms with Crippen LogP contribution in [0.1, 0.15) is 12.8 Å². The maximum Gasteiger partial charge on any atom is 0.168 e. The molecule has 1 aliphatic rings. The Morgan fingerprint density at radius 3 is 2.61 bits per heavy atom. The molecule has 4 rings (SSSR count). The van der Waals surface area contributed by atoms with Gasteiger partial charge in [-0.3, -0.25) is 0 Å². The molecule has 118 valence electrons. The Labute approximate surface area is 135 Å². The van der Waals surface area contributed by atoms with Gasteiger partial charge < -0.3 is 10.6 Å². The van der Waals surface area contributed by atoms with Crippen molar-refractivity contribution in [2.75, 3.05) is 24.5 Å². The second-order valence-corrected chi connectivity index (χ2v) is 5.99. The van der Waals surface area contributed by atoms with E-state index >= 15 is 0 Å². The number of rotatable bonds is 3. The van der Waals surface area contributed by atoms with Gasteiger partial charge in [0.05, 0.1) is 17.3 Å². The number of hydrogen-bond acceptors (Lipinski definition) is 5. The third-order valence-electron chi connectivity index (χ3n) is 4.59. The molecule has 0 bridgehead atoms. The molecule has 0 atom stereocenters. The van der Waals surface area contributed by atoms with Crippen LogP contribution < -0.4 is 10.6 Å². The molecule has 2 aromatic heterocycles. The van der Waals surface area contributed by atoms with Crippen molar-refractivity contribution in [3.05, 3.63) is 42.9 Å². The zero-order valence-electron chi connectivity index (χ0n) is 13.0. The van der Waals surface area contributed by atoms with Crippen molar-refractivity contribution < 1.29 is 0 Å². The molecule has 2 N–H and O–H groups in total. The molecule has 0 amide bonds. The molecule has 0 aliphatic carbocycles. The fraction of sp³-hybridized carbons (Fsp3) is 0.353. The fourth-order valence-electron chi connectivity index (χ4n) is 3.22. The van der Waals surface area contributed by atoms with Gasteiger partial charge in [-0.05, 0) is 37.4 Å². The highest BCUT2D eigenvalue weighted by molar-refractivity contribution is 5.87. The Hall–Kier alpha value is -2.47. The average Bonchev–Trinajstić information content (AvgIpc) is 3.07. The number of nitrogens with two attached hydrogens (primary N) is 1. The van der Waals surface area contributed by atoms with E-state index in [1.165, 1.54) is 0 Å². The SMILES string of the molecule is NCC1CCN(c2ncnc3c2cnn3-c2ccccc2)CC1. The molecule has 0 unspecified atom stereocenters. The van der Waals surface area contributed by atoms with E-state index in [9.17, 15) is 0 Å². The monoisotopic (exact) mass is 308 g/mol. The van der Waals surface area contributed by atoms with Crippen molar-refractivity contribution in [3.8, 4) is 5.69 Å². The summed E-state index contributed by atoms with van der Waals surface area (Å²) < 4.78 is 1.87. The molecule has 0 radical (unpaired) electrons. The number of benzene rings is 1. The highest BCUT2D eigenvalue weighted by Gasteiger charge is 2.22. The topological polar surface area (TPSA) is 72.9 Å². The van der Waals surface area contributed by atoms with Crippen LogP contribution in [0.25, 0.3) is 16.7 Å². The summed E-state index contributed by atoms with van der Waals surface area (Å²) in [6.07, 6.45) is 5.74. The van der Waals surface area contributed by atoms with Crippen molar-refractivity contribution in [1.82, 2.24) is 19.7 Å². The molecule has 1 aromatic carbocycles. The Morgan fingerprint density at radius 1 is 1.09 bits per heavy atom. The molecule has 3 heterocycles. The minimum Gasteiger partial charge on any atom is -0.356 e. The smallest absolute Gasteiger partial charge is 0.168 e. The Kier molecular flexibility index (Phi) is 3.67. The molecule has 6 heteroatoms. The molecule has 1 aliphatic heterocycles. The standard InChI is InChI=1S/C17H20N6/c18-10-13-6-8-22(9-7-13)16-15-11-21-23(17(15)20-12-19-16)14-4-2-1-3-5-14/h1-5,11-13H,6-10,18H2. The quantitative estimate of drug-likeness (QED) is 0.801. The third kappa shape index (κ3) is 2.55. The van der Waals surface area contributed by atoms with Gasteiger partial charge in [0.1, 0.15) is 12.1 Å². The van der Waals surface area contributed by atoms with Crippen LogP contribution in [-0.2, 0) is 0 Å². The van der Waals surface area contributed by atoms with Crippen LogP contribution in [0.2, 0.25) is 0 Å². The van der Waals surface area contributed by atoms with Crippen molar-refractivity contribution in [1.29, 1.82) is 0 Å². The van der Waals surface area contributed by atoms with E-state index in [2.05, 4.69) is 20.0 Å². The summed E-state index contributed by atoms with van der Waals surface area (Å²) in [4.78, 5) is 11.3. The summed E-state index contributed by atoms with van der Waals surface area (Å²) in [6, 6.07) is 10.1. The summed E-state index contributed by atoms with van der Waals surface area (Å²) in [6.45, 7) is 2.76. The first-order valence-electron chi connectivity index (χ1n) is 8.06. The van der Waals surface area contributed by atoms with Gasteiger partial charge in [0.25, 0.3) is 0 Å². The van der Waals surface area contributed by atoms with E-state index < -0.39 is 0 Å². The summed E-state index contributed by atoms with van der Waals surface area (Å²) in [5.74, 6) is 1.61. The van der Waals surface area contributed by atoms with Gasteiger partial charge in [0.2, 0.25) is 0 Å². The lowest BCUT2D eigenvalue weighted by Crippen LogP contribution is -2.36. The van der Waals surface area contributed by atoms with Crippen LogP contribution >= 0.6 is 0 Å².